The fourth-order valence-corrected chi connectivity index (χ4v) is 4.31. The molecule has 0 bridgehead atoms. The SMILES string of the molecule is NC(=O)C(c1ccccc1)N(C(=O)c1ccccc1)[C@@H]1CCc2ccc(C(F)(F)F)cc21. The van der Waals surface area contributed by atoms with Crippen LogP contribution in [0.5, 0.6) is 0 Å². The monoisotopic (exact) mass is 438 g/mol. The number of carbonyl (C=O) groups is 2. The predicted octanol–water partition coefficient (Wildman–Crippen LogP) is 5.06. The van der Waals surface area contributed by atoms with Crippen molar-refractivity contribution in [2.24, 2.45) is 5.73 Å². The molecule has 0 aliphatic heterocycles. The summed E-state index contributed by atoms with van der Waals surface area (Å²) < 4.78 is 40.2. The molecule has 0 radical (unpaired) electrons. The van der Waals surface area contributed by atoms with Crippen molar-refractivity contribution in [3.63, 3.8) is 0 Å². The summed E-state index contributed by atoms with van der Waals surface area (Å²) in [5, 5.41) is 0. The Kier molecular flexibility index (Phi) is 5.74. The molecule has 0 heterocycles. The van der Waals surface area contributed by atoms with Gasteiger partial charge in [-0.25, -0.2) is 0 Å². The van der Waals surface area contributed by atoms with E-state index >= 15 is 0 Å². The number of aryl methyl sites for hydroxylation is 1. The van der Waals surface area contributed by atoms with Crippen LogP contribution in [0.3, 0.4) is 0 Å². The van der Waals surface area contributed by atoms with E-state index in [1.54, 1.807) is 60.7 Å². The third kappa shape index (κ3) is 4.10. The van der Waals surface area contributed by atoms with Gasteiger partial charge in [0.1, 0.15) is 6.04 Å². The van der Waals surface area contributed by atoms with E-state index in [1.807, 2.05) is 0 Å². The van der Waals surface area contributed by atoms with Crippen LogP contribution in [-0.4, -0.2) is 16.7 Å². The van der Waals surface area contributed by atoms with Gasteiger partial charge in [-0.3, -0.25) is 9.59 Å². The normalized spacial score (nSPS) is 16.3. The van der Waals surface area contributed by atoms with Gasteiger partial charge >= 0.3 is 6.18 Å². The molecule has 1 aliphatic carbocycles. The molecule has 1 unspecified atom stereocenters. The van der Waals surface area contributed by atoms with E-state index in [1.165, 1.54) is 11.0 Å². The molecule has 164 valence electrons. The minimum Gasteiger partial charge on any atom is -0.368 e. The van der Waals surface area contributed by atoms with Crippen LogP contribution in [0.2, 0.25) is 0 Å². The standard InChI is InChI=1S/C25H21F3N2O2/c26-25(27,28)19-13-11-16-12-14-21(20(16)15-19)30(24(32)18-9-5-2-6-10-18)22(23(29)31)17-7-3-1-4-8-17/h1-11,13,15,21-22H,12,14H2,(H2,29,31)/t21-,22?/m1/s1. The Labute approximate surface area is 183 Å². The quantitative estimate of drug-likeness (QED) is 0.605. The second kappa shape index (κ2) is 8.49. The van der Waals surface area contributed by atoms with Crippen molar-refractivity contribution >= 4 is 11.8 Å². The molecular formula is C25H21F3N2O2. The second-order valence-corrected chi connectivity index (χ2v) is 7.76. The molecular weight excluding hydrogens is 417 g/mol. The van der Waals surface area contributed by atoms with Crippen LogP contribution in [0.25, 0.3) is 0 Å². The maximum atomic E-state index is 13.6. The number of fused-ring (bicyclic) bond motifs is 1. The van der Waals surface area contributed by atoms with Crippen LogP contribution in [0.15, 0.2) is 78.9 Å². The molecule has 0 aromatic heterocycles. The first-order chi connectivity index (χ1) is 15.3. The zero-order valence-electron chi connectivity index (χ0n) is 17.0. The fourth-order valence-electron chi connectivity index (χ4n) is 4.31. The Morgan fingerprint density at radius 1 is 0.938 bits per heavy atom. The average Bonchev–Trinajstić information content (AvgIpc) is 3.20. The average molecular weight is 438 g/mol. The number of amides is 2. The number of rotatable bonds is 5. The summed E-state index contributed by atoms with van der Waals surface area (Å²) in [6, 6.07) is 18.7. The molecule has 2 N–H and O–H groups in total. The molecule has 1 aliphatic rings. The summed E-state index contributed by atoms with van der Waals surface area (Å²) in [6.45, 7) is 0. The maximum absolute atomic E-state index is 13.6. The number of carbonyl (C=O) groups excluding carboxylic acids is 2. The van der Waals surface area contributed by atoms with Gasteiger partial charge in [0.2, 0.25) is 5.91 Å². The van der Waals surface area contributed by atoms with E-state index in [0.29, 0.717) is 29.5 Å². The van der Waals surface area contributed by atoms with Gasteiger partial charge in [0, 0.05) is 5.56 Å². The lowest BCUT2D eigenvalue weighted by atomic mass is 9.97. The number of nitrogens with two attached hydrogens (primary N) is 1. The molecule has 0 spiro atoms. The summed E-state index contributed by atoms with van der Waals surface area (Å²) in [5.74, 6) is -1.21. The predicted molar refractivity (Wildman–Crippen MR) is 113 cm³/mol. The number of primary amides is 1. The molecule has 2 amide bonds. The summed E-state index contributed by atoms with van der Waals surface area (Å²) in [4.78, 5) is 27.6. The summed E-state index contributed by atoms with van der Waals surface area (Å²) in [5.41, 5.74) is 6.93. The fraction of sp³-hybridized carbons (Fsp3) is 0.200. The van der Waals surface area contributed by atoms with Crippen LogP contribution in [0, 0.1) is 0 Å². The molecule has 3 aromatic rings. The van der Waals surface area contributed by atoms with Gasteiger partial charge in [-0.15, -0.1) is 0 Å². The van der Waals surface area contributed by atoms with E-state index in [2.05, 4.69) is 0 Å². The molecule has 3 aromatic carbocycles. The van der Waals surface area contributed by atoms with Crippen molar-refractivity contribution in [2.45, 2.75) is 31.1 Å². The molecule has 32 heavy (non-hydrogen) atoms. The Balaban J connectivity index is 1.86. The highest BCUT2D eigenvalue weighted by atomic mass is 19.4. The van der Waals surface area contributed by atoms with Crippen LogP contribution >= 0.6 is 0 Å². The van der Waals surface area contributed by atoms with E-state index in [-0.39, 0.29) is 0 Å². The van der Waals surface area contributed by atoms with Crippen molar-refractivity contribution in [1.29, 1.82) is 0 Å². The lowest BCUT2D eigenvalue weighted by molar-refractivity contribution is -0.137. The number of benzene rings is 3. The van der Waals surface area contributed by atoms with E-state index in [9.17, 15) is 22.8 Å². The second-order valence-electron chi connectivity index (χ2n) is 7.76. The topological polar surface area (TPSA) is 63.4 Å². The molecule has 7 heteroatoms. The molecule has 2 atom stereocenters. The highest BCUT2D eigenvalue weighted by Crippen LogP contribution is 2.43. The Morgan fingerprint density at radius 2 is 1.56 bits per heavy atom. The zero-order valence-corrected chi connectivity index (χ0v) is 17.0. The lowest BCUT2D eigenvalue weighted by Gasteiger charge is -2.36. The van der Waals surface area contributed by atoms with E-state index < -0.39 is 35.6 Å². The molecule has 4 rings (SSSR count). The number of halogens is 3. The van der Waals surface area contributed by atoms with Gasteiger partial charge in [0.15, 0.2) is 0 Å². The van der Waals surface area contributed by atoms with Gasteiger partial charge in [-0.05, 0) is 53.8 Å². The van der Waals surface area contributed by atoms with Crippen molar-refractivity contribution < 1.29 is 22.8 Å². The number of alkyl halides is 3. The Morgan fingerprint density at radius 3 is 2.16 bits per heavy atom. The number of hydrogen-bond acceptors (Lipinski definition) is 2. The zero-order chi connectivity index (χ0) is 22.9. The summed E-state index contributed by atoms with van der Waals surface area (Å²) >= 11 is 0. The van der Waals surface area contributed by atoms with E-state index in [0.717, 1.165) is 17.7 Å². The first kappa shape index (κ1) is 21.6. The van der Waals surface area contributed by atoms with Gasteiger partial charge in [0.25, 0.3) is 5.91 Å². The van der Waals surface area contributed by atoms with Gasteiger partial charge in [-0.2, -0.15) is 13.2 Å². The van der Waals surface area contributed by atoms with Gasteiger partial charge in [-0.1, -0.05) is 54.6 Å². The lowest BCUT2D eigenvalue weighted by Crippen LogP contribution is -2.43. The van der Waals surface area contributed by atoms with Crippen LogP contribution in [0.1, 0.15) is 51.1 Å². The summed E-state index contributed by atoms with van der Waals surface area (Å²) in [7, 11) is 0. The van der Waals surface area contributed by atoms with E-state index in [4.69, 9.17) is 5.73 Å². The van der Waals surface area contributed by atoms with Gasteiger partial charge < -0.3 is 10.6 Å². The first-order valence-corrected chi connectivity index (χ1v) is 10.2. The van der Waals surface area contributed by atoms with Crippen LogP contribution in [-0.2, 0) is 17.4 Å². The van der Waals surface area contributed by atoms with Crippen molar-refractivity contribution in [3.8, 4) is 0 Å². The molecule has 4 nitrogen and oxygen atoms in total. The number of nitrogens with zero attached hydrogens (tertiary/aromatic N) is 1. The van der Waals surface area contributed by atoms with Crippen LogP contribution < -0.4 is 5.73 Å². The minimum absolute atomic E-state index is 0.329. The van der Waals surface area contributed by atoms with Crippen molar-refractivity contribution in [3.05, 3.63) is 107 Å². The highest BCUT2D eigenvalue weighted by Gasteiger charge is 2.41. The Hall–Kier alpha value is -3.61. The Bertz CT molecular complexity index is 1130. The molecule has 0 saturated heterocycles. The first-order valence-electron chi connectivity index (χ1n) is 10.2. The number of hydrogen-bond donors (Lipinski definition) is 1. The van der Waals surface area contributed by atoms with Gasteiger partial charge in [0.05, 0.1) is 11.6 Å². The minimum atomic E-state index is -4.51. The van der Waals surface area contributed by atoms with Crippen molar-refractivity contribution in [2.75, 3.05) is 0 Å². The molecule has 0 saturated carbocycles. The molecule has 0 fully saturated rings. The van der Waals surface area contributed by atoms with Crippen molar-refractivity contribution in [1.82, 2.24) is 4.90 Å². The highest BCUT2D eigenvalue weighted by molar-refractivity contribution is 5.98. The third-order valence-electron chi connectivity index (χ3n) is 5.77. The van der Waals surface area contributed by atoms with Crippen LogP contribution in [0.4, 0.5) is 13.2 Å². The summed E-state index contributed by atoms with van der Waals surface area (Å²) in [6.07, 6.45) is -3.62. The maximum Gasteiger partial charge on any atom is 0.416 e. The smallest absolute Gasteiger partial charge is 0.368 e. The largest absolute Gasteiger partial charge is 0.416 e. The third-order valence-corrected chi connectivity index (χ3v) is 5.77.